The first-order chi connectivity index (χ1) is 14.0. The number of allylic oxidation sites excluding steroid dienone is 4. The molecule has 1 aliphatic rings. The van der Waals surface area contributed by atoms with Gasteiger partial charge in [-0.25, -0.2) is 18.0 Å². The Kier molecular flexibility index (Phi) is 6.91. The van der Waals surface area contributed by atoms with Gasteiger partial charge in [0.05, 0.1) is 0 Å². The Hall–Kier alpha value is -2.82. The quantitative estimate of drug-likeness (QED) is 0.284. The zero-order valence-corrected chi connectivity index (χ0v) is 16.3. The zero-order valence-electron chi connectivity index (χ0n) is 16.3. The highest BCUT2D eigenvalue weighted by Crippen LogP contribution is 2.31. The fraction of sp³-hybridized carbons (Fsp3) is 0.292. The van der Waals surface area contributed by atoms with Crippen LogP contribution in [-0.4, -0.2) is 5.97 Å². The van der Waals surface area contributed by atoms with Crippen LogP contribution in [0.15, 0.2) is 54.1 Å². The van der Waals surface area contributed by atoms with Crippen LogP contribution in [0.4, 0.5) is 13.2 Å². The van der Waals surface area contributed by atoms with E-state index in [2.05, 4.69) is 6.92 Å². The molecular formula is C24H23F3O2. The smallest absolute Gasteiger partial charge is 0.349 e. The average Bonchev–Trinajstić information content (AvgIpc) is 2.70. The SMILES string of the molecule is CCCCCC1=CC=C(c2cc(F)c(C(=O)Oc3ccc(F)cc3)c(F)c2)CC1. The third-order valence-electron chi connectivity index (χ3n) is 4.98. The van der Waals surface area contributed by atoms with E-state index in [-0.39, 0.29) is 5.75 Å². The Labute approximate surface area is 168 Å². The van der Waals surface area contributed by atoms with Crippen molar-refractivity contribution in [2.24, 2.45) is 0 Å². The van der Waals surface area contributed by atoms with E-state index in [9.17, 15) is 18.0 Å². The molecule has 29 heavy (non-hydrogen) atoms. The molecule has 3 rings (SSSR count). The summed E-state index contributed by atoms with van der Waals surface area (Å²) in [6, 6.07) is 6.94. The normalized spacial score (nSPS) is 13.7. The molecule has 0 spiro atoms. The Bertz CT molecular complexity index is 920. The van der Waals surface area contributed by atoms with E-state index in [1.165, 1.54) is 30.5 Å². The third-order valence-corrected chi connectivity index (χ3v) is 4.98. The third kappa shape index (κ3) is 5.37. The lowest BCUT2D eigenvalue weighted by Gasteiger charge is -2.16. The van der Waals surface area contributed by atoms with E-state index < -0.39 is 29.0 Å². The van der Waals surface area contributed by atoms with Gasteiger partial charge in [0.2, 0.25) is 0 Å². The summed E-state index contributed by atoms with van der Waals surface area (Å²) in [5.41, 5.74) is 1.84. The van der Waals surface area contributed by atoms with Gasteiger partial charge in [-0.05, 0) is 73.2 Å². The zero-order chi connectivity index (χ0) is 20.8. The van der Waals surface area contributed by atoms with Crippen molar-refractivity contribution < 1.29 is 22.7 Å². The van der Waals surface area contributed by atoms with Crippen LogP contribution >= 0.6 is 0 Å². The second-order valence-corrected chi connectivity index (χ2v) is 7.13. The summed E-state index contributed by atoms with van der Waals surface area (Å²) in [5, 5.41) is 0. The predicted molar refractivity (Wildman–Crippen MR) is 107 cm³/mol. The van der Waals surface area contributed by atoms with Gasteiger partial charge < -0.3 is 4.74 Å². The van der Waals surface area contributed by atoms with Crippen LogP contribution in [0.1, 0.15) is 61.4 Å². The molecular weight excluding hydrogens is 377 g/mol. The summed E-state index contributed by atoms with van der Waals surface area (Å²) in [6.45, 7) is 2.16. The molecule has 2 nitrogen and oxygen atoms in total. The minimum Gasteiger partial charge on any atom is -0.423 e. The fourth-order valence-electron chi connectivity index (χ4n) is 3.35. The standard InChI is InChI=1S/C24H23F3O2/c1-2-3-4-5-16-6-8-17(9-7-16)18-14-21(26)23(22(27)15-18)24(28)29-20-12-10-19(25)11-13-20/h6,8,10-15H,2-5,7,9H2,1H3. The van der Waals surface area contributed by atoms with Crippen molar-refractivity contribution in [2.75, 3.05) is 0 Å². The van der Waals surface area contributed by atoms with Crippen LogP contribution in [0.3, 0.4) is 0 Å². The molecule has 5 heteroatoms. The van der Waals surface area contributed by atoms with E-state index >= 15 is 0 Å². The molecule has 2 aromatic carbocycles. The van der Waals surface area contributed by atoms with Crippen molar-refractivity contribution >= 4 is 11.5 Å². The molecule has 0 unspecified atom stereocenters. The van der Waals surface area contributed by atoms with Crippen molar-refractivity contribution in [1.29, 1.82) is 0 Å². The number of hydrogen-bond acceptors (Lipinski definition) is 2. The molecule has 0 radical (unpaired) electrons. The van der Waals surface area contributed by atoms with E-state index in [4.69, 9.17) is 4.74 Å². The topological polar surface area (TPSA) is 26.3 Å². The highest BCUT2D eigenvalue weighted by Gasteiger charge is 2.22. The molecule has 0 fully saturated rings. The van der Waals surface area contributed by atoms with Gasteiger partial charge in [0.1, 0.15) is 28.8 Å². The summed E-state index contributed by atoms with van der Waals surface area (Å²) >= 11 is 0. The lowest BCUT2D eigenvalue weighted by molar-refractivity contribution is 0.0724. The molecule has 152 valence electrons. The Balaban J connectivity index is 1.75. The van der Waals surface area contributed by atoms with Crippen LogP contribution in [0.5, 0.6) is 5.75 Å². The summed E-state index contributed by atoms with van der Waals surface area (Å²) in [4.78, 5) is 12.2. The second-order valence-electron chi connectivity index (χ2n) is 7.13. The maximum Gasteiger partial charge on any atom is 0.349 e. The molecule has 0 bridgehead atoms. The first-order valence-electron chi connectivity index (χ1n) is 9.83. The molecule has 0 heterocycles. The number of esters is 1. The van der Waals surface area contributed by atoms with E-state index in [0.717, 1.165) is 49.1 Å². The first-order valence-corrected chi connectivity index (χ1v) is 9.83. The van der Waals surface area contributed by atoms with E-state index in [1.807, 2.05) is 12.2 Å². The lowest BCUT2D eigenvalue weighted by Crippen LogP contribution is -2.14. The van der Waals surface area contributed by atoms with Gasteiger partial charge in [0, 0.05) is 0 Å². The number of rotatable bonds is 7. The van der Waals surface area contributed by atoms with Crippen LogP contribution in [0.2, 0.25) is 0 Å². The summed E-state index contributed by atoms with van der Waals surface area (Å²) in [5.74, 6) is -3.62. The molecule has 0 aromatic heterocycles. The summed E-state index contributed by atoms with van der Waals surface area (Å²) < 4.78 is 46.9. The fourth-order valence-corrected chi connectivity index (χ4v) is 3.35. The summed E-state index contributed by atoms with van der Waals surface area (Å²) in [7, 11) is 0. The second kappa shape index (κ2) is 9.59. The van der Waals surface area contributed by atoms with Gasteiger partial charge in [-0.15, -0.1) is 0 Å². The molecule has 0 aliphatic heterocycles. The minimum absolute atomic E-state index is 0.00926. The number of benzene rings is 2. The lowest BCUT2D eigenvalue weighted by atomic mass is 9.90. The molecule has 0 saturated heterocycles. The monoisotopic (exact) mass is 400 g/mol. The van der Waals surface area contributed by atoms with Crippen LogP contribution in [-0.2, 0) is 0 Å². The van der Waals surface area contributed by atoms with Crippen molar-refractivity contribution in [3.63, 3.8) is 0 Å². The molecule has 0 atom stereocenters. The minimum atomic E-state index is -1.16. The maximum absolute atomic E-state index is 14.5. The van der Waals surface area contributed by atoms with E-state index in [1.54, 1.807) is 0 Å². The number of carbonyl (C=O) groups excluding carboxylic acids is 1. The molecule has 2 aromatic rings. The molecule has 1 aliphatic carbocycles. The molecule has 0 amide bonds. The number of hydrogen-bond donors (Lipinski definition) is 0. The van der Waals surface area contributed by atoms with Crippen molar-refractivity contribution in [3.8, 4) is 5.75 Å². The summed E-state index contributed by atoms with van der Waals surface area (Å²) in [6.07, 6.45) is 10.1. The van der Waals surface area contributed by atoms with Crippen molar-refractivity contribution in [3.05, 3.63) is 82.7 Å². The van der Waals surface area contributed by atoms with Crippen LogP contribution < -0.4 is 4.74 Å². The Morgan fingerprint density at radius 1 is 0.966 bits per heavy atom. The predicted octanol–water partition coefficient (Wildman–Crippen LogP) is 7.01. The van der Waals surface area contributed by atoms with Gasteiger partial charge >= 0.3 is 5.97 Å². The highest BCUT2D eigenvalue weighted by molar-refractivity contribution is 5.92. The van der Waals surface area contributed by atoms with Crippen LogP contribution in [0, 0.1) is 17.5 Å². The van der Waals surface area contributed by atoms with Gasteiger partial charge in [0.25, 0.3) is 0 Å². The first kappa shape index (κ1) is 20.9. The number of ether oxygens (including phenoxy) is 1. The average molecular weight is 400 g/mol. The number of halogens is 3. The number of unbranched alkanes of at least 4 members (excludes halogenated alkanes) is 2. The van der Waals surface area contributed by atoms with E-state index in [0.29, 0.717) is 12.0 Å². The van der Waals surface area contributed by atoms with Gasteiger partial charge in [-0.3, -0.25) is 0 Å². The Morgan fingerprint density at radius 3 is 2.24 bits per heavy atom. The largest absolute Gasteiger partial charge is 0.423 e. The van der Waals surface area contributed by atoms with Gasteiger partial charge in [-0.1, -0.05) is 37.5 Å². The van der Waals surface area contributed by atoms with Crippen LogP contribution in [0.25, 0.3) is 5.57 Å². The van der Waals surface area contributed by atoms with Gasteiger partial charge in [-0.2, -0.15) is 0 Å². The van der Waals surface area contributed by atoms with Crippen molar-refractivity contribution in [1.82, 2.24) is 0 Å². The van der Waals surface area contributed by atoms with Gasteiger partial charge in [0.15, 0.2) is 0 Å². The molecule has 0 saturated carbocycles. The Morgan fingerprint density at radius 2 is 1.66 bits per heavy atom. The maximum atomic E-state index is 14.5. The molecule has 0 N–H and O–H groups in total. The highest BCUT2D eigenvalue weighted by atomic mass is 19.1. The van der Waals surface area contributed by atoms with Crippen molar-refractivity contribution in [2.45, 2.75) is 45.4 Å². The number of carbonyl (C=O) groups is 1.